The van der Waals surface area contributed by atoms with Crippen LogP contribution in [0.4, 0.5) is 4.39 Å². The van der Waals surface area contributed by atoms with Crippen molar-refractivity contribution in [3.8, 4) is 11.6 Å². The first-order valence-electron chi connectivity index (χ1n) is 5.44. The van der Waals surface area contributed by atoms with Crippen molar-refractivity contribution in [1.82, 2.24) is 19.6 Å². The van der Waals surface area contributed by atoms with E-state index in [9.17, 15) is 4.39 Å². The Morgan fingerprint density at radius 3 is 2.95 bits per heavy atom. The van der Waals surface area contributed by atoms with Gasteiger partial charge in [-0.05, 0) is 19.1 Å². The molecule has 3 rings (SSSR count). The second-order valence-electron chi connectivity index (χ2n) is 3.89. The van der Waals surface area contributed by atoms with Gasteiger partial charge in [0.2, 0.25) is 5.88 Å². The first-order chi connectivity index (χ1) is 9.13. The highest BCUT2D eigenvalue weighted by molar-refractivity contribution is 6.30. The summed E-state index contributed by atoms with van der Waals surface area (Å²) in [4.78, 5) is 8.18. The van der Waals surface area contributed by atoms with E-state index in [-0.39, 0.29) is 5.02 Å². The van der Waals surface area contributed by atoms with Crippen molar-refractivity contribution in [1.29, 1.82) is 0 Å². The summed E-state index contributed by atoms with van der Waals surface area (Å²) in [5.41, 5.74) is 0.740. The van der Waals surface area contributed by atoms with Crippen LogP contribution in [0, 0.1) is 12.7 Å². The number of hydrogen-bond acceptors (Lipinski definition) is 4. The lowest BCUT2D eigenvalue weighted by Gasteiger charge is -2.08. The van der Waals surface area contributed by atoms with Gasteiger partial charge in [0.1, 0.15) is 17.9 Å². The van der Waals surface area contributed by atoms with Crippen molar-refractivity contribution in [2.24, 2.45) is 0 Å². The molecule has 0 N–H and O–H groups in total. The molecule has 0 saturated carbocycles. The van der Waals surface area contributed by atoms with Gasteiger partial charge in [0.15, 0.2) is 0 Å². The number of benzene rings is 1. The molecule has 0 bridgehead atoms. The van der Waals surface area contributed by atoms with E-state index in [0.717, 1.165) is 5.69 Å². The van der Waals surface area contributed by atoms with E-state index >= 15 is 0 Å². The van der Waals surface area contributed by atoms with Crippen LogP contribution in [0.15, 0.2) is 30.6 Å². The van der Waals surface area contributed by atoms with E-state index in [0.29, 0.717) is 17.4 Å². The van der Waals surface area contributed by atoms with E-state index in [1.807, 2.05) is 6.92 Å². The third-order valence-corrected chi connectivity index (χ3v) is 2.75. The van der Waals surface area contributed by atoms with E-state index in [1.165, 1.54) is 29.0 Å². The van der Waals surface area contributed by atoms with Gasteiger partial charge in [-0.3, -0.25) is 0 Å². The van der Waals surface area contributed by atoms with Crippen molar-refractivity contribution in [3.05, 3.63) is 47.1 Å². The highest BCUT2D eigenvalue weighted by atomic mass is 35.5. The van der Waals surface area contributed by atoms with Crippen LogP contribution in [0.3, 0.4) is 0 Å². The first kappa shape index (κ1) is 11.9. The Morgan fingerprint density at radius 2 is 2.16 bits per heavy atom. The zero-order chi connectivity index (χ0) is 13.4. The fourth-order valence-corrected chi connectivity index (χ4v) is 1.80. The van der Waals surface area contributed by atoms with Crippen LogP contribution in [0.1, 0.15) is 5.69 Å². The van der Waals surface area contributed by atoms with Gasteiger partial charge in [0.05, 0.1) is 5.02 Å². The molecular formula is C12H8ClFN4O. The van der Waals surface area contributed by atoms with Gasteiger partial charge in [-0.15, -0.1) is 0 Å². The van der Waals surface area contributed by atoms with Gasteiger partial charge in [0.25, 0.3) is 5.78 Å². The van der Waals surface area contributed by atoms with Gasteiger partial charge in [-0.25, -0.2) is 9.37 Å². The lowest BCUT2D eigenvalue weighted by Crippen LogP contribution is -1.99. The van der Waals surface area contributed by atoms with Crippen LogP contribution in [0.5, 0.6) is 11.6 Å². The summed E-state index contributed by atoms with van der Waals surface area (Å²) in [5.74, 6) is 0.783. The van der Waals surface area contributed by atoms with Crippen molar-refractivity contribution in [3.63, 3.8) is 0 Å². The normalized spacial score (nSPS) is 10.9. The molecular weight excluding hydrogens is 271 g/mol. The number of fused-ring (bicyclic) bond motifs is 1. The second kappa shape index (κ2) is 4.47. The summed E-state index contributed by atoms with van der Waals surface area (Å²) in [7, 11) is 0. The minimum atomic E-state index is -0.495. The topological polar surface area (TPSA) is 52.3 Å². The fourth-order valence-electron chi connectivity index (χ4n) is 1.63. The summed E-state index contributed by atoms with van der Waals surface area (Å²) in [5, 5.41) is 4.01. The van der Waals surface area contributed by atoms with E-state index in [4.69, 9.17) is 16.3 Å². The van der Waals surface area contributed by atoms with Gasteiger partial charge in [-0.1, -0.05) is 11.6 Å². The smallest absolute Gasteiger partial charge is 0.255 e. The first-order valence-corrected chi connectivity index (χ1v) is 5.81. The molecule has 0 fully saturated rings. The standard InChI is InChI=1S/C12H8ClFN4O/c1-7-4-11(18-12(17-7)15-6-16-18)19-8-2-3-10(14)9(13)5-8/h2-6H,1H3. The largest absolute Gasteiger partial charge is 0.439 e. The average molecular weight is 279 g/mol. The van der Waals surface area contributed by atoms with Crippen LogP contribution in [0.25, 0.3) is 5.78 Å². The maximum atomic E-state index is 13.1. The molecule has 7 heteroatoms. The Bertz CT molecular complexity index is 759. The highest BCUT2D eigenvalue weighted by Gasteiger charge is 2.09. The summed E-state index contributed by atoms with van der Waals surface area (Å²) < 4.78 is 20.2. The molecule has 0 saturated heterocycles. The predicted molar refractivity (Wildman–Crippen MR) is 67.0 cm³/mol. The van der Waals surface area contributed by atoms with Gasteiger partial charge < -0.3 is 4.74 Å². The molecule has 0 unspecified atom stereocenters. The molecule has 2 heterocycles. The molecule has 0 spiro atoms. The highest BCUT2D eigenvalue weighted by Crippen LogP contribution is 2.26. The average Bonchev–Trinajstić information content (AvgIpc) is 2.82. The molecule has 0 aliphatic heterocycles. The number of aromatic nitrogens is 4. The molecule has 19 heavy (non-hydrogen) atoms. The summed E-state index contributed by atoms with van der Waals surface area (Å²) >= 11 is 5.71. The van der Waals surface area contributed by atoms with Crippen LogP contribution in [-0.2, 0) is 0 Å². The predicted octanol–water partition coefficient (Wildman–Crippen LogP) is 3.02. The zero-order valence-corrected chi connectivity index (χ0v) is 10.6. The van der Waals surface area contributed by atoms with Crippen LogP contribution >= 0.6 is 11.6 Å². The number of ether oxygens (including phenoxy) is 1. The Kier molecular flexibility index (Phi) is 2.79. The Morgan fingerprint density at radius 1 is 1.32 bits per heavy atom. The van der Waals surface area contributed by atoms with Gasteiger partial charge >= 0.3 is 0 Å². The third-order valence-electron chi connectivity index (χ3n) is 2.46. The van der Waals surface area contributed by atoms with E-state index < -0.39 is 5.82 Å². The maximum Gasteiger partial charge on any atom is 0.255 e. The van der Waals surface area contributed by atoms with Gasteiger partial charge in [0, 0.05) is 17.8 Å². The fraction of sp³-hybridized carbons (Fsp3) is 0.0833. The Hall–Kier alpha value is -2.21. The molecule has 2 aromatic heterocycles. The minimum absolute atomic E-state index is 0.00175. The van der Waals surface area contributed by atoms with Crippen molar-refractivity contribution < 1.29 is 9.13 Å². The minimum Gasteiger partial charge on any atom is -0.439 e. The molecule has 1 aromatic carbocycles. The maximum absolute atomic E-state index is 13.1. The molecule has 3 aromatic rings. The van der Waals surface area contributed by atoms with Crippen LogP contribution in [-0.4, -0.2) is 19.6 Å². The van der Waals surface area contributed by atoms with Gasteiger partial charge in [-0.2, -0.15) is 14.6 Å². The number of rotatable bonds is 2. The lowest BCUT2D eigenvalue weighted by atomic mass is 10.3. The Balaban J connectivity index is 2.04. The summed E-state index contributed by atoms with van der Waals surface area (Å²) in [6.07, 6.45) is 1.38. The SMILES string of the molecule is Cc1cc(Oc2ccc(F)c(Cl)c2)n2ncnc2n1. The third kappa shape index (κ3) is 2.22. The lowest BCUT2D eigenvalue weighted by molar-refractivity contribution is 0.444. The van der Waals surface area contributed by atoms with Crippen molar-refractivity contribution in [2.75, 3.05) is 0 Å². The van der Waals surface area contributed by atoms with Crippen LogP contribution in [0.2, 0.25) is 5.02 Å². The number of hydrogen-bond donors (Lipinski definition) is 0. The molecule has 0 aliphatic carbocycles. The number of halogens is 2. The summed E-state index contributed by atoms with van der Waals surface area (Å²) in [6, 6.07) is 5.83. The molecule has 0 radical (unpaired) electrons. The molecule has 0 aliphatic rings. The molecule has 0 amide bonds. The van der Waals surface area contributed by atoms with Crippen LogP contribution < -0.4 is 4.74 Å². The Labute approximate surface area is 112 Å². The molecule has 96 valence electrons. The molecule has 0 atom stereocenters. The number of aryl methyl sites for hydroxylation is 1. The van der Waals surface area contributed by atoms with E-state index in [1.54, 1.807) is 6.07 Å². The van der Waals surface area contributed by atoms with Crippen molar-refractivity contribution in [2.45, 2.75) is 6.92 Å². The molecule has 5 nitrogen and oxygen atoms in total. The zero-order valence-electron chi connectivity index (χ0n) is 9.84. The monoisotopic (exact) mass is 278 g/mol. The van der Waals surface area contributed by atoms with E-state index in [2.05, 4.69) is 15.1 Å². The quantitative estimate of drug-likeness (QED) is 0.723. The van der Waals surface area contributed by atoms with Crippen molar-refractivity contribution >= 4 is 17.4 Å². The second-order valence-corrected chi connectivity index (χ2v) is 4.29. The number of nitrogens with zero attached hydrogens (tertiary/aromatic N) is 4. The summed E-state index contributed by atoms with van der Waals surface area (Å²) in [6.45, 7) is 1.82.